The van der Waals surface area contributed by atoms with Gasteiger partial charge < -0.3 is 25.9 Å². The lowest BCUT2D eigenvalue weighted by Crippen LogP contribution is -2.37. The molecule has 0 aliphatic carbocycles. The summed E-state index contributed by atoms with van der Waals surface area (Å²) in [5.41, 5.74) is 11.6. The average molecular weight is 591 g/mol. The molecule has 42 heavy (non-hydrogen) atoms. The van der Waals surface area contributed by atoms with Gasteiger partial charge in [-0.15, -0.1) is 0 Å². The van der Waals surface area contributed by atoms with Crippen molar-refractivity contribution in [2.45, 2.75) is 130 Å². The Hall–Kier alpha value is -2.95. The van der Waals surface area contributed by atoms with Crippen LogP contribution in [-0.4, -0.2) is 51.1 Å². The Labute approximate surface area is 250 Å². The number of nitrogens with one attached hydrogen (secondary N) is 2. The number of hydrogen-bond donors (Lipinski definition) is 4. The summed E-state index contributed by atoms with van der Waals surface area (Å²) >= 11 is 0. The van der Waals surface area contributed by atoms with Gasteiger partial charge in [0.1, 0.15) is 11.9 Å². The fraction of sp³-hybridized carbons (Fsp3) is 0.774. The molecule has 238 valence electrons. The number of fused-ring (bicyclic) bond motifs is 1. The molecule has 2 heterocycles. The third kappa shape index (κ3) is 13.8. The van der Waals surface area contributed by atoms with Gasteiger partial charge in [-0.3, -0.25) is 19.4 Å². The largest absolute Gasteiger partial charge is 0.465 e. The zero-order valence-corrected chi connectivity index (χ0v) is 26.1. The van der Waals surface area contributed by atoms with Crippen molar-refractivity contribution in [3.63, 3.8) is 0 Å². The molecule has 0 aliphatic heterocycles. The molecule has 2 rings (SSSR count). The minimum absolute atomic E-state index is 0.0161. The van der Waals surface area contributed by atoms with Gasteiger partial charge in [0.05, 0.1) is 13.2 Å². The van der Waals surface area contributed by atoms with Gasteiger partial charge in [-0.2, -0.15) is 4.98 Å². The lowest BCUT2D eigenvalue weighted by molar-refractivity contribution is -0.149. The zero-order chi connectivity index (χ0) is 30.7. The predicted octanol–water partition coefficient (Wildman–Crippen LogP) is 5.33. The SMILES string of the molecule is CCCCCCCCCCCCCCCC(=O)OCC(CCOC(=O)[C@@H](N)C(C)C)Cc1nc2nc(N)[nH]c(=O)c2[nH]1. The number of hydrogen-bond acceptors (Lipinski definition) is 9. The van der Waals surface area contributed by atoms with Gasteiger partial charge in [0.25, 0.3) is 5.56 Å². The number of rotatable bonds is 23. The number of aromatic nitrogens is 4. The van der Waals surface area contributed by atoms with Crippen LogP contribution in [0.1, 0.15) is 123 Å². The van der Waals surface area contributed by atoms with Gasteiger partial charge in [-0.1, -0.05) is 97.8 Å². The van der Waals surface area contributed by atoms with Crippen LogP contribution < -0.4 is 17.0 Å². The van der Waals surface area contributed by atoms with E-state index >= 15 is 0 Å². The Bertz CT molecular complexity index is 1110. The van der Waals surface area contributed by atoms with Crippen LogP contribution in [0.2, 0.25) is 0 Å². The highest BCUT2D eigenvalue weighted by Gasteiger charge is 2.21. The number of esters is 2. The monoisotopic (exact) mass is 590 g/mol. The third-order valence-corrected chi connectivity index (χ3v) is 7.64. The fourth-order valence-corrected chi connectivity index (χ4v) is 4.85. The first-order valence-electron chi connectivity index (χ1n) is 16.0. The quantitative estimate of drug-likeness (QED) is 0.0983. The van der Waals surface area contributed by atoms with E-state index < -0.39 is 17.6 Å². The van der Waals surface area contributed by atoms with Crippen LogP contribution in [0.3, 0.4) is 0 Å². The number of H-pyrrole nitrogens is 2. The topological polar surface area (TPSA) is 179 Å². The van der Waals surface area contributed by atoms with Crippen molar-refractivity contribution < 1.29 is 19.1 Å². The Morgan fingerprint density at radius 1 is 0.857 bits per heavy atom. The van der Waals surface area contributed by atoms with E-state index in [4.69, 9.17) is 20.9 Å². The van der Waals surface area contributed by atoms with Crippen LogP contribution in [0.5, 0.6) is 0 Å². The lowest BCUT2D eigenvalue weighted by atomic mass is 10.0. The van der Waals surface area contributed by atoms with E-state index in [-0.39, 0.29) is 48.1 Å². The number of nitrogens with zero attached hydrogens (tertiary/aromatic N) is 2. The molecule has 0 fully saturated rings. The second-order valence-electron chi connectivity index (χ2n) is 11.8. The Balaban J connectivity index is 1.73. The van der Waals surface area contributed by atoms with E-state index in [1.807, 2.05) is 13.8 Å². The maximum atomic E-state index is 12.5. The summed E-state index contributed by atoms with van der Waals surface area (Å²) in [7, 11) is 0. The fourth-order valence-electron chi connectivity index (χ4n) is 4.85. The molecule has 0 aliphatic rings. The lowest BCUT2D eigenvalue weighted by Gasteiger charge is -2.18. The summed E-state index contributed by atoms with van der Waals surface area (Å²) in [6.45, 7) is 6.24. The van der Waals surface area contributed by atoms with E-state index in [1.165, 1.54) is 64.2 Å². The minimum Gasteiger partial charge on any atom is -0.465 e. The summed E-state index contributed by atoms with van der Waals surface area (Å²) in [4.78, 5) is 50.6. The summed E-state index contributed by atoms with van der Waals surface area (Å²) < 4.78 is 11.0. The summed E-state index contributed by atoms with van der Waals surface area (Å²) in [6.07, 6.45) is 17.4. The van der Waals surface area contributed by atoms with Crippen LogP contribution in [0.25, 0.3) is 11.2 Å². The Morgan fingerprint density at radius 3 is 2.05 bits per heavy atom. The summed E-state index contributed by atoms with van der Waals surface area (Å²) in [5.74, 6) is -0.432. The van der Waals surface area contributed by atoms with Crippen LogP contribution >= 0.6 is 0 Å². The second-order valence-corrected chi connectivity index (χ2v) is 11.8. The number of carbonyl (C=O) groups excluding carboxylic acids is 2. The number of nitrogens with two attached hydrogens (primary N) is 2. The zero-order valence-electron chi connectivity index (χ0n) is 26.1. The number of anilines is 1. The summed E-state index contributed by atoms with van der Waals surface area (Å²) in [5, 5.41) is 0. The van der Waals surface area contributed by atoms with Crippen LogP contribution in [0.15, 0.2) is 4.79 Å². The summed E-state index contributed by atoms with van der Waals surface area (Å²) in [6, 6.07) is -0.694. The van der Waals surface area contributed by atoms with Gasteiger partial charge in [0.15, 0.2) is 11.2 Å². The maximum absolute atomic E-state index is 12.5. The maximum Gasteiger partial charge on any atom is 0.323 e. The smallest absolute Gasteiger partial charge is 0.323 e. The van der Waals surface area contributed by atoms with E-state index in [0.29, 0.717) is 25.1 Å². The molecule has 0 bridgehead atoms. The molecule has 2 aromatic rings. The van der Waals surface area contributed by atoms with Crippen LogP contribution in [0.4, 0.5) is 5.95 Å². The number of aromatic amines is 2. The average Bonchev–Trinajstić information content (AvgIpc) is 3.36. The molecule has 11 nitrogen and oxygen atoms in total. The number of unbranched alkanes of at least 4 members (excludes halogenated alkanes) is 12. The highest BCUT2D eigenvalue weighted by Crippen LogP contribution is 2.16. The first-order valence-corrected chi connectivity index (χ1v) is 16.0. The van der Waals surface area contributed by atoms with Gasteiger partial charge >= 0.3 is 11.9 Å². The number of imidazole rings is 1. The minimum atomic E-state index is -0.694. The standard InChI is InChI=1S/C31H54N6O5/c1-4-5-6-7-8-9-10-11-12-13-14-15-16-17-25(38)42-21-23(18-19-41-30(40)26(32)22(2)3)20-24-34-27-28(35-24)36-31(33)37-29(27)39/h22-23,26H,4-21,32H2,1-3H3,(H4,33,34,35,36,37,39)/t23?,26-/m0/s1. The van der Waals surface area contributed by atoms with Crippen molar-refractivity contribution in [1.29, 1.82) is 0 Å². The normalized spacial score (nSPS) is 13.0. The van der Waals surface area contributed by atoms with Crippen molar-refractivity contribution in [2.24, 2.45) is 17.6 Å². The predicted molar refractivity (Wildman–Crippen MR) is 166 cm³/mol. The highest BCUT2D eigenvalue weighted by molar-refractivity contribution is 5.75. The molecular weight excluding hydrogens is 536 g/mol. The van der Waals surface area contributed by atoms with Crippen molar-refractivity contribution in [2.75, 3.05) is 18.9 Å². The molecule has 1 unspecified atom stereocenters. The Morgan fingerprint density at radius 2 is 1.45 bits per heavy atom. The molecule has 11 heteroatoms. The molecule has 0 radical (unpaired) electrons. The molecular formula is C31H54N6O5. The van der Waals surface area contributed by atoms with Gasteiger partial charge in [-0.25, -0.2) is 4.98 Å². The molecule has 2 aromatic heterocycles. The van der Waals surface area contributed by atoms with Crippen molar-refractivity contribution in [3.8, 4) is 0 Å². The first kappa shape index (κ1) is 35.2. The molecule has 0 amide bonds. The molecule has 0 saturated carbocycles. The molecule has 0 spiro atoms. The van der Waals surface area contributed by atoms with Gasteiger partial charge in [0, 0.05) is 18.8 Å². The van der Waals surface area contributed by atoms with Crippen molar-refractivity contribution in [3.05, 3.63) is 16.2 Å². The van der Waals surface area contributed by atoms with Crippen molar-refractivity contribution in [1.82, 2.24) is 19.9 Å². The third-order valence-electron chi connectivity index (χ3n) is 7.64. The van der Waals surface area contributed by atoms with E-state index in [9.17, 15) is 14.4 Å². The first-order chi connectivity index (χ1) is 20.2. The van der Waals surface area contributed by atoms with Gasteiger partial charge in [0.2, 0.25) is 5.95 Å². The molecule has 0 saturated heterocycles. The number of nitrogen functional groups attached to an aromatic ring is 1. The highest BCUT2D eigenvalue weighted by atomic mass is 16.5. The number of ether oxygens (including phenoxy) is 2. The van der Waals surface area contributed by atoms with Crippen LogP contribution in [-0.2, 0) is 25.5 Å². The molecule has 6 N–H and O–H groups in total. The van der Waals surface area contributed by atoms with Crippen molar-refractivity contribution >= 4 is 29.1 Å². The molecule has 0 aromatic carbocycles. The Kier molecular flexibility index (Phi) is 16.8. The van der Waals surface area contributed by atoms with Crippen LogP contribution in [0, 0.1) is 11.8 Å². The second kappa shape index (κ2) is 20.0. The van der Waals surface area contributed by atoms with E-state index in [1.54, 1.807) is 0 Å². The number of carbonyl (C=O) groups is 2. The van der Waals surface area contributed by atoms with Gasteiger partial charge in [-0.05, 0) is 18.8 Å². The molecule has 2 atom stereocenters. The van der Waals surface area contributed by atoms with E-state index in [2.05, 4.69) is 26.9 Å². The van der Waals surface area contributed by atoms with E-state index in [0.717, 1.165) is 19.3 Å².